The van der Waals surface area contributed by atoms with E-state index in [1.165, 1.54) is 43.5 Å². The van der Waals surface area contributed by atoms with Gasteiger partial charge in [-0.05, 0) is 62.2 Å². The van der Waals surface area contributed by atoms with Gasteiger partial charge in [-0.25, -0.2) is 0 Å². The van der Waals surface area contributed by atoms with E-state index in [0.29, 0.717) is 0 Å². The van der Waals surface area contributed by atoms with E-state index in [1.807, 2.05) is 0 Å². The quantitative estimate of drug-likeness (QED) is 0.702. The summed E-state index contributed by atoms with van der Waals surface area (Å²) in [5, 5.41) is 3.62. The van der Waals surface area contributed by atoms with Crippen molar-refractivity contribution < 1.29 is 0 Å². The van der Waals surface area contributed by atoms with Crippen LogP contribution in [-0.4, -0.2) is 13.1 Å². The van der Waals surface area contributed by atoms with Gasteiger partial charge in [0, 0.05) is 4.88 Å². The fraction of sp³-hybridized carbons (Fsp3) is 0.750. The third-order valence-corrected chi connectivity index (χ3v) is 5.84. The highest BCUT2D eigenvalue weighted by Crippen LogP contribution is 2.44. The van der Waals surface area contributed by atoms with Crippen LogP contribution >= 0.6 is 22.9 Å². The molecular weight excluding hydrogens is 274 g/mol. The number of halogens is 1. The maximum atomic E-state index is 6.13. The Hall–Kier alpha value is -0.0500. The summed E-state index contributed by atoms with van der Waals surface area (Å²) in [5.41, 5.74) is 0. The van der Waals surface area contributed by atoms with Gasteiger partial charge in [0.2, 0.25) is 0 Å². The molecule has 0 radical (unpaired) electrons. The Morgan fingerprint density at radius 3 is 2.79 bits per heavy atom. The predicted molar refractivity (Wildman–Crippen MR) is 86.4 cm³/mol. The van der Waals surface area contributed by atoms with Crippen molar-refractivity contribution in [1.29, 1.82) is 0 Å². The molecule has 108 valence electrons. The van der Waals surface area contributed by atoms with Crippen molar-refractivity contribution in [1.82, 2.24) is 5.32 Å². The van der Waals surface area contributed by atoms with Crippen molar-refractivity contribution in [2.45, 2.75) is 51.9 Å². The van der Waals surface area contributed by atoms with Gasteiger partial charge in [0.25, 0.3) is 0 Å². The molecule has 0 saturated heterocycles. The molecule has 0 amide bonds. The van der Waals surface area contributed by atoms with Gasteiger partial charge in [-0.15, -0.1) is 11.3 Å². The molecular formula is C16H26ClNS. The van der Waals surface area contributed by atoms with Crippen LogP contribution in [0.5, 0.6) is 0 Å². The van der Waals surface area contributed by atoms with E-state index in [2.05, 4.69) is 31.3 Å². The molecule has 3 unspecified atom stereocenters. The number of rotatable bonds is 6. The highest BCUT2D eigenvalue weighted by Gasteiger charge is 2.31. The Bertz CT molecular complexity index is 375. The molecule has 0 bridgehead atoms. The third kappa shape index (κ3) is 4.21. The van der Waals surface area contributed by atoms with E-state index in [9.17, 15) is 0 Å². The van der Waals surface area contributed by atoms with E-state index < -0.39 is 0 Å². The van der Waals surface area contributed by atoms with Gasteiger partial charge < -0.3 is 5.32 Å². The van der Waals surface area contributed by atoms with Gasteiger partial charge in [0.1, 0.15) is 0 Å². The standard InChI is InChI=1S/C16H26ClNS/c1-3-9-18-11-13-6-5-12(4-2)10-14(13)15-7-8-16(17)19-15/h7-8,12-14,18H,3-6,9-11H2,1-2H3. The minimum atomic E-state index is 0.723. The van der Waals surface area contributed by atoms with E-state index in [1.54, 1.807) is 11.3 Å². The van der Waals surface area contributed by atoms with Gasteiger partial charge >= 0.3 is 0 Å². The number of hydrogen-bond acceptors (Lipinski definition) is 2. The number of thiophene rings is 1. The largest absolute Gasteiger partial charge is 0.316 e. The third-order valence-electron chi connectivity index (χ3n) is 4.47. The number of nitrogens with one attached hydrogen (secondary N) is 1. The Morgan fingerprint density at radius 1 is 1.32 bits per heavy atom. The van der Waals surface area contributed by atoms with Crippen LogP contribution in [0, 0.1) is 11.8 Å². The Morgan fingerprint density at radius 2 is 2.16 bits per heavy atom. The van der Waals surface area contributed by atoms with Crippen molar-refractivity contribution in [3.05, 3.63) is 21.3 Å². The van der Waals surface area contributed by atoms with Crippen molar-refractivity contribution in [3.63, 3.8) is 0 Å². The SMILES string of the molecule is CCCNCC1CCC(CC)CC1c1ccc(Cl)s1. The first-order valence-electron chi connectivity index (χ1n) is 7.70. The zero-order chi connectivity index (χ0) is 13.7. The summed E-state index contributed by atoms with van der Waals surface area (Å²) in [6, 6.07) is 4.32. The molecule has 2 rings (SSSR count). The molecule has 19 heavy (non-hydrogen) atoms. The Balaban J connectivity index is 2.03. The highest BCUT2D eigenvalue weighted by atomic mass is 35.5. The molecule has 1 N–H and O–H groups in total. The summed E-state index contributed by atoms with van der Waals surface area (Å²) in [4.78, 5) is 1.51. The van der Waals surface area contributed by atoms with E-state index >= 15 is 0 Å². The first-order chi connectivity index (χ1) is 9.24. The fourth-order valence-corrected chi connectivity index (χ4v) is 4.54. The van der Waals surface area contributed by atoms with Crippen LogP contribution in [0.4, 0.5) is 0 Å². The summed E-state index contributed by atoms with van der Waals surface area (Å²) >= 11 is 7.91. The second-order valence-corrected chi connectivity index (χ2v) is 7.55. The van der Waals surface area contributed by atoms with Gasteiger partial charge in [-0.3, -0.25) is 0 Å². The van der Waals surface area contributed by atoms with Crippen LogP contribution in [0.1, 0.15) is 56.7 Å². The Labute approximate surface area is 126 Å². The molecule has 1 aromatic rings. The number of hydrogen-bond donors (Lipinski definition) is 1. The monoisotopic (exact) mass is 299 g/mol. The average molecular weight is 300 g/mol. The van der Waals surface area contributed by atoms with Crippen LogP contribution in [0.25, 0.3) is 0 Å². The zero-order valence-corrected chi connectivity index (χ0v) is 13.7. The molecule has 1 nitrogen and oxygen atoms in total. The highest BCUT2D eigenvalue weighted by molar-refractivity contribution is 7.16. The predicted octanol–water partition coefficient (Wildman–Crippen LogP) is 5.31. The summed E-state index contributed by atoms with van der Waals surface area (Å²) in [6.45, 7) is 6.88. The lowest BCUT2D eigenvalue weighted by atomic mass is 9.72. The van der Waals surface area contributed by atoms with Crippen LogP contribution in [0.3, 0.4) is 0 Å². The average Bonchev–Trinajstić information content (AvgIpc) is 2.86. The summed E-state index contributed by atoms with van der Waals surface area (Å²) < 4.78 is 0.939. The second-order valence-electron chi connectivity index (χ2n) is 5.80. The molecule has 1 saturated carbocycles. The summed E-state index contributed by atoms with van der Waals surface area (Å²) in [7, 11) is 0. The maximum Gasteiger partial charge on any atom is 0.0931 e. The van der Waals surface area contributed by atoms with Crippen LogP contribution in [0.2, 0.25) is 4.34 Å². The molecule has 1 aromatic heterocycles. The zero-order valence-electron chi connectivity index (χ0n) is 12.1. The molecule has 1 fully saturated rings. The molecule has 3 heteroatoms. The lowest BCUT2D eigenvalue weighted by Crippen LogP contribution is -2.32. The molecule has 0 spiro atoms. The molecule has 1 heterocycles. The fourth-order valence-electron chi connectivity index (χ4n) is 3.28. The molecule has 0 aliphatic heterocycles. The summed E-state index contributed by atoms with van der Waals surface area (Å²) in [5.74, 6) is 2.43. The normalized spacial score (nSPS) is 27.6. The van der Waals surface area contributed by atoms with Gasteiger partial charge in [-0.1, -0.05) is 38.3 Å². The second kappa shape index (κ2) is 7.66. The van der Waals surface area contributed by atoms with E-state index in [-0.39, 0.29) is 0 Å². The lowest BCUT2D eigenvalue weighted by Gasteiger charge is -2.35. The topological polar surface area (TPSA) is 12.0 Å². The van der Waals surface area contributed by atoms with Gasteiger partial charge in [0.05, 0.1) is 4.34 Å². The molecule has 1 aliphatic carbocycles. The first-order valence-corrected chi connectivity index (χ1v) is 8.90. The smallest absolute Gasteiger partial charge is 0.0931 e. The van der Waals surface area contributed by atoms with Crippen LogP contribution in [-0.2, 0) is 0 Å². The van der Waals surface area contributed by atoms with Crippen LogP contribution in [0.15, 0.2) is 12.1 Å². The summed E-state index contributed by atoms with van der Waals surface area (Å²) in [6.07, 6.45) is 6.68. The Kier molecular flexibility index (Phi) is 6.18. The van der Waals surface area contributed by atoms with Crippen molar-refractivity contribution >= 4 is 22.9 Å². The lowest BCUT2D eigenvalue weighted by molar-refractivity contribution is 0.228. The molecule has 3 atom stereocenters. The van der Waals surface area contributed by atoms with Gasteiger partial charge in [0.15, 0.2) is 0 Å². The first kappa shape index (κ1) is 15.3. The van der Waals surface area contributed by atoms with Crippen molar-refractivity contribution in [3.8, 4) is 0 Å². The van der Waals surface area contributed by atoms with Crippen LogP contribution < -0.4 is 5.32 Å². The van der Waals surface area contributed by atoms with Crippen molar-refractivity contribution in [2.24, 2.45) is 11.8 Å². The maximum absolute atomic E-state index is 6.13. The van der Waals surface area contributed by atoms with E-state index in [0.717, 1.165) is 28.6 Å². The van der Waals surface area contributed by atoms with Gasteiger partial charge in [-0.2, -0.15) is 0 Å². The molecule has 0 aromatic carbocycles. The minimum absolute atomic E-state index is 0.723. The van der Waals surface area contributed by atoms with E-state index in [4.69, 9.17) is 11.6 Å². The molecule has 1 aliphatic rings. The minimum Gasteiger partial charge on any atom is -0.316 e. The van der Waals surface area contributed by atoms with Crippen molar-refractivity contribution in [2.75, 3.05) is 13.1 Å².